The van der Waals surface area contributed by atoms with Crippen molar-refractivity contribution in [2.45, 2.75) is 38.8 Å². The predicted molar refractivity (Wildman–Crippen MR) is 79.6 cm³/mol. The number of hydrogen-bond acceptors (Lipinski definition) is 3. The Morgan fingerprint density at radius 3 is 2.55 bits per heavy atom. The zero-order valence-corrected chi connectivity index (χ0v) is 12.2. The summed E-state index contributed by atoms with van der Waals surface area (Å²) in [5.41, 5.74) is 2.17. The molecule has 0 radical (unpaired) electrons. The van der Waals surface area contributed by atoms with Crippen LogP contribution >= 0.6 is 12.2 Å². The molecule has 0 saturated carbocycles. The zero-order valence-electron chi connectivity index (χ0n) is 11.3. The fraction of sp³-hybridized carbons (Fsp3) is 0.400. The molecule has 0 bridgehead atoms. The van der Waals surface area contributed by atoms with E-state index in [-0.39, 0.29) is 5.78 Å². The molecule has 106 valence electrons. The molecule has 1 heterocycles. The number of Topliss-reactive ketones (excluding diaryl/α,β-unsaturated/α-hetero) is 1. The van der Waals surface area contributed by atoms with Gasteiger partial charge in [-0.05, 0) is 18.1 Å². The Morgan fingerprint density at radius 2 is 1.95 bits per heavy atom. The van der Waals surface area contributed by atoms with Crippen molar-refractivity contribution in [2.24, 2.45) is 0 Å². The van der Waals surface area contributed by atoms with Gasteiger partial charge in [-0.25, -0.2) is 4.79 Å². The summed E-state index contributed by atoms with van der Waals surface area (Å²) < 4.78 is 0. The van der Waals surface area contributed by atoms with Crippen LogP contribution in [-0.4, -0.2) is 32.8 Å². The van der Waals surface area contributed by atoms with Crippen molar-refractivity contribution in [3.8, 4) is 0 Å². The molecule has 1 N–H and O–H groups in total. The third kappa shape index (κ3) is 3.22. The monoisotopic (exact) mass is 291 g/mol. The predicted octanol–water partition coefficient (Wildman–Crippen LogP) is 2.19. The van der Waals surface area contributed by atoms with Gasteiger partial charge in [0.25, 0.3) is 0 Å². The molecule has 2 rings (SSSR count). The van der Waals surface area contributed by atoms with Gasteiger partial charge in [-0.1, -0.05) is 36.5 Å². The summed E-state index contributed by atoms with van der Waals surface area (Å²) in [6.45, 7) is 2.02. The topological polar surface area (TPSA) is 57.6 Å². The number of carbonyl (C=O) groups excluding carboxylic acids is 1. The van der Waals surface area contributed by atoms with Gasteiger partial charge in [0.15, 0.2) is 0 Å². The lowest BCUT2D eigenvalue weighted by atomic mass is 9.93. The average molecular weight is 291 g/mol. The van der Waals surface area contributed by atoms with Gasteiger partial charge in [-0.3, -0.25) is 0 Å². The van der Waals surface area contributed by atoms with Gasteiger partial charge in [0.05, 0.1) is 4.99 Å². The molecule has 0 spiro atoms. The third-order valence-corrected chi connectivity index (χ3v) is 3.98. The van der Waals surface area contributed by atoms with Gasteiger partial charge >= 0.3 is 5.97 Å². The third-order valence-electron chi connectivity index (χ3n) is 3.54. The van der Waals surface area contributed by atoms with E-state index in [1.807, 2.05) is 24.3 Å². The van der Waals surface area contributed by atoms with Crippen molar-refractivity contribution in [3.63, 3.8) is 0 Å². The van der Waals surface area contributed by atoms with Crippen molar-refractivity contribution in [1.29, 1.82) is 0 Å². The zero-order chi connectivity index (χ0) is 14.7. The van der Waals surface area contributed by atoms with Gasteiger partial charge < -0.3 is 14.8 Å². The molecular weight excluding hydrogens is 274 g/mol. The molecule has 0 saturated heterocycles. The first-order chi connectivity index (χ1) is 9.49. The second-order valence-corrected chi connectivity index (χ2v) is 5.52. The second-order valence-electron chi connectivity index (χ2n) is 5.05. The molecule has 0 fully saturated rings. The number of ketones is 1. The van der Waals surface area contributed by atoms with E-state index < -0.39 is 12.0 Å². The highest BCUT2D eigenvalue weighted by Crippen LogP contribution is 2.25. The lowest BCUT2D eigenvalue weighted by Crippen LogP contribution is -2.48. The Bertz CT molecular complexity index is 556. The Kier molecular flexibility index (Phi) is 4.49. The number of aliphatic carboxylic acids is 1. The van der Waals surface area contributed by atoms with Crippen molar-refractivity contribution < 1.29 is 14.7 Å². The van der Waals surface area contributed by atoms with E-state index in [1.165, 1.54) is 6.92 Å². The van der Waals surface area contributed by atoms with Crippen LogP contribution in [0.1, 0.15) is 30.9 Å². The smallest absolute Gasteiger partial charge is 0.326 e. The van der Waals surface area contributed by atoms with Crippen LogP contribution in [0, 0.1) is 0 Å². The van der Waals surface area contributed by atoms with Gasteiger partial charge in [-0.2, -0.15) is 0 Å². The van der Waals surface area contributed by atoms with E-state index in [9.17, 15) is 14.7 Å². The standard InChI is InChI=1S/C15H17NO3S/c1-10(17)6-7-14(20)16-9-12-5-3-2-4-11(12)8-13(16)15(18)19/h2-5,13H,6-9H2,1H3,(H,18,19). The van der Waals surface area contributed by atoms with Crippen LogP contribution in [0.3, 0.4) is 0 Å². The van der Waals surface area contributed by atoms with Crippen molar-refractivity contribution in [2.75, 3.05) is 0 Å². The van der Waals surface area contributed by atoms with E-state index in [0.717, 1.165) is 11.1 Å². The molecule has 1 aliphatic rings. The van der Waals surface area contributed by atoms with Crippen LogP contribution in [-0.2, 0) is 22.6 Å². The Morgan fingerprint density at radius 1 is 1.30 bits per heavy atom. The Labute approximate surface area is 123 Å². The Hall–Kier alpha value is -1.75. The maximum atomic E-state index is 11.4. The number of carboxylic acid groups (broad SMARTS) is 1. The molecular formula is C15H17NO3S. The first kappa shape index (κ1) is 14.7. The van der Waals surface area contributed by atoms with Gasteiger partial charge in [0.1, 0.15) is 11.8 Å². The molecule has 20 heavy (non-hydrogen) atoms. The van der Waals surface area contributed by atoms with Crippen molar-refractivity contribution in [1.82, 2.24) is 4.90 Å². The highest BCUT2D eigenvalue weighted by atomic mass is 32.1. The molecule has 1 aromatic rings. The Balaban J connectivity index is 2.20. The van der Waals surface area contributed by atoms with E-state index in [4.69, 9.17) is 12.2 Å². The summed E-state index contributed by atoms with van der Waals surface area (Å²) in [6, 6.07) is 7.18. The number of thiocarbonyl (C=S) groups is 1. The maximum absolute atomic E-state index is 11.4. The molecule has 0 aromatic heterocycles. The molecule has 1 atom stereocenters. The number of nitrogens with zero attached hydrogens (tertiary/aromatic N) is 1. The normalized spacial score (nSPS) is 17.4. The molecule has 1 aliphatic heterocycles. The fourth-order valence-electron chi connectivity index (χ4n) is 2.43. The van der Waals surface area contributed by atoms with Gasteiger partial charge in [-0.15, -0.1) is 0 Å². The van der Waals surface area contributed by atoms with E-state index in [2.05, 4.69) is 0 Å². The van der Waals surface area contributed by atoms with Crippen LogP contribution in [0.5, 0.6) is 0 Å². The first-order valence-electron chi connectivity index (χ1n) is 6.57. The van der Waals surface area contributed by atoms with Crippen LogP contribution in [0.4, 0.5) is 0 Å². The maximum Gasteiger partial charge on any atom is 0.326 e. The number of rotatable bonds is 4. The summed E-state index contributed by atoms with van der Waals surface area (Å²) in [6.07, 6.45) is 1.26. The first-order valence-corrected chi connectivity index (χ1v) is 6.98. The molecule has 4 nitrogen and oxygen atoms in total. The van der Waals surface area contributed by atoms with Crippen LogP contribution in [0.2, 0.25) is 0 Å². The minimum Gasteiger partial charge on any atom is -0.480 e. The average Bonchev–Trinajstić information content (AvgIpc) is 2.43. The van der Waals surface area contributed by atoms with Crippen LogP contribution in [0.25, 0.3) is 0 Å². The van der Waals surface area contributed by atoms with E-state index in [1.54, 1.807) is 4.90 Å². The van der Waals surface area contributed by atoms with Crippen molar-refractivity contribution >= 4 is 29.0 Å². The summed E-state index contributed by atoms with van der Waals surface area (Å²) in [5, 5.41) is 9.39. The fourth-order valence-corrected chi connectivity index (χ4v) is 2.73. The van der Waals surface area contributed by atoms with Gasteiger partial charge in [0.2, 0.25) is 0 Å². The lowest BCUT2D eigenvalue weighted by Gasteiger charge is -2.36. The summed E-state index contributed by atoms with van der Waals surface area (Å²) in [7, 11) is 0. The molecule has 1 aromatic carbocycles. The summed E-state index contributed by atoms with van der Waals surface area (Å²) in [4.78, 5) is 24.8. The summed E-state index contributed by atoms with van der Waals surface area (Å²) >= 11 is 5.33. The van der Waals surface area contributed by atoms with E-state index >= 15 is 0 Å². The number of benzene rings is 1. The highest BCUT2D eigenvalue weighted by molar-refractivity contribution is 7.80. The molecule has 5 heteroatoms. The molecule has 1 unspecified atom stereocenters. The number of fused-ring (bicyclic) bond motifs is 1. The van der Waals surface area contributed by atoms with Crippen LogP contribution in [0.15, 0.2) is 24.3 Å². The largest absolute Gasteiger partial charge is 0.480 e. The SMILES string of the molecule is CC(=O)CCC(=S)N1Cc2ccccc2CC1C(=O)O. The highest BCUT2D eigenvalue weighted by Gasteiger charge is 2.32. The summed E-state index contributed by atoms with van der Waals surface area (Å²) in [5.74, 6) is -0.804. The van der Waals surface area contributed by atoms with E-state index in [0.29, 0.717) is 30.8 Å². The number of carbonyl (C=O) groups is 2. The quantitative estimate of drug-likeness (QED) is 0.862. The van der Waals surface area contributed by atoms with Crippen LogP contribution < -0.4 is 0 Å². The minimum atomic E-state index is -0.871. The number of carboxylic acids is 1. The van der Waals surface area contributed by atoms with Gasteiger partial charge in [0, 0.05) is 25.8 Å². The number of hydrogen-bond donors (Lipinski definition) is 1. The molecule has 0 amide bonds. The second kappa shape index (κ2) is 6.13. The van der Waals surface area contributed by atoms with Crippen molar-refractivity contribution in [3.05, 3.63) is 35.4 Å². The lowest BCUT2D eigenvalue weighted by molar-refractivity contribution is -0.142. The minimum absolute atomic E-state index is 0.0663. The molecule has 0 aliphatic carbocycles.